The van der Waals surface area contributed by atoms with E-state index in [0.717, 1.165) is 24.6 Å². The standard InChI is InChI=1S/C18H29FN2/c1-4-20-18-11-7-8-15(18)12-13-21(3)14(2)16-9-5-6-10-17(16)19/h5-6,9-10,14-15,18,20H,4,7-8,11-13H2,1-3H3. The van der Waals surface area contributed by atoms with Crippen molar-refractivity contribution in [2.45, 2.75) is 51.6 Å². The lowest BCUT2D eigenvalue weighted by atomic mass is 9.98. The Hall–Kier alpha value is -0.930. The van der Waals surface area contributed by atoms with Crippen LogP contribution in [0.5, 0.6) is 0 Å². The van der Waals surface area contributed by atoms with Gasteiger partial charge in [-0.25, -0.2) is 4.39 Å². The lowest BCUT2D eigenvalue weighted by molar-refractivity contribution is 0.227. The first-order valence-corrected chi connectivity index (χ1v) is 8.31. The molecule has 0 amide bonds. The van der Waals surface area contributed by atoms with Crippen LogP contribution in [0.1, 0.15) is 51.1 Å². The quantitative estimate of drug-likeness (QED) is 0.817. The maximum absolute atomic E-state index is 13.9. The average molecular weight is 292 g/mol. The van der Waals surface area contributed by atoms with E-state index < -0.39 is 0 Å². The van der Waals surface area contributed by atoms with Gasteiger partial charge in [0.25, 0.3) is 0 Å². The molecule has 0 heterocycles. The van der Waals surface area contributed by atoms with Crippen molar-refractivity contribution in [2.75, 3.05) is 20.1 Å². The van der Waals surface area contributed by atoms with E-state index in [1.54, 1.807) is 12.1 Å². The van der Waals surface area contributed by atoms with Gasteiger partial charge in [-0.2, -0.15) is 0 Å². The number of rotatable bonds is 7. The molecule has 0 aromatic heterocycles. The highest BCUT2D eigenvalue weighted by Crippen LogP contribution is 2.29. The van der Waals surface area contributed by atoms with E-state index in [1.807, 2.05) is 12.1 Å². The summed E-state index contributed by atoms with van der Waals surface area (Å²) in [5.74, 6) is 0.684. The Bertz CT molecular complexity index is 435. The molecule has 3 unspecified atom stereocenters. The Morgan fingerprint density at radius 3 is 2.81 bits per heavy atom. The topological polar surface area (TPSA) is 15.3 Å². The molecule has 0 bridgehead atoms. The van der Waals surface area contributed by atoms with Crippen LogP contribution in [0.3, 0.4) is 0 Å². The lowest BCUT2D eigenvalue weighted by Crippen LogP contribution is -2.34. The van der Waals surface area contributed by atoms with Crippen molar-refractivity contribution in [3.05, 3.63) is 35.6 Å². The number of nitrogens with one attached hydrogen (secondary N) is 1. The van der Waals surface area contributed by atoms with Gasteiger partial charge in [0, 0.05) is 17.6 Å². The van der Waals surface area contributed by atoms with Crippen molar-refractivity contribution in [1.29, 1.82) is 0 Å². The molecule has 118 valence electrons. The number of nitrogens with zero attached hydrogens (tertiary/aromatic N) is 1. The Labute approximate surface area is 128 Å². The van der Waals surface area contributed by atoms with Gasteiger partial charge in [0.15, 0.2) is 0 Å². The third kappa shape index (κ3) is 4.27. The Morgan fingerprint density at radius 2 is 2.10 bits per heavy atom. The van der Waals surface area contributed by atoms with E-state index >= 15 is 0 Å². The van der Waals surface area contributed by atoms with Crippen LogP contribution < -0.4 is 5.32 Å². The third-order valence-electron chi connectivity index (χ3n) is 4.99. The van der Waals surface area contributed by atoms with Crippen LogP contribution in [0.4, 0.5) is 4.39 Å². The molecular formula is C18H29FN2. The Balaban J connectivity index is 1.86. The normalized spacial score (nSPS) is 23.7. The first-order valence-electron chi connectivity index (χ1n) is 8.31. The maximum Gasteiger partial charge on any atom is 0.127 e. The van der Waals surface area contributed by atoms with Crippen molar-refractivity contribution in [3.8, 4) is 0 Å². The summed E-state index contributed by atoms with van der Waals surface area (Å²) in [6.45, 7) is 6.36. The predicted molar refractivity (Wildman–Crippen MR) is 86.9 cm³/mol. The van der Waals surface area contributed by atoms with Gasteiger partial charge in [-0.15, -0.1) is 0 Å². The molecule has 1 aliphatic rings. The molecule has 1 saturated carbocycles. The number of benzene rings is 1. The SMILES string of the molecule is CCNC1CCCC1CCN(C)C(C)c1ccccc1F. The maximum atomic E-state index is 13.9. The zero-order valence-electron chi connectivity index (χ0n) is 13.6. The van der Waals surface area contributed by atoms with Gasteiger partial charge in [0.1, 0.15) is 5.82 Å². The van der Waals surface area contributed by atoms with Crippen molar-refractivity contribution in [2.24, 2.45) is 5.92 Å². The fourth-order valence-electron chi connectivity index (χ4n) is 3.53. The highest BCUT2D eigenvalue weighted by Gasteiger charge is 2.27. The van der Waals surface area contributed by atoms with Gasteiger partial charge >= 0.3 is 0 Å². The molecule has 1 fully saturated rings. The van der Waals surface area contributed by atoms with Crippen molar-refractivity contribution < 1.29 is 4.39 Å². The van der Waals surface area contributed by atoms with Gasteiger partial charge in [0.2, 0.25) is 0 Å². The van der Waals surface area contributed by atoms with Gasteiger partial charge < -0.3 is 5.32 Å². The van der Waals surface area contributed by atoms with E-state index in [0.29, 0.717) is 6.04 Å². The fourth-order valence-corrected chi connectivity index (χ4v) is 3.53. The second-order valence-electron chi connectivity index (χ2n) is 6.32. The summed E-state index contributed by atoms with van der Waals surface area (Å²) in [7, 11) is 2.11. The molecule has 1 aromatic rings. The van der Waals surface area contributed by atoms with Crippen LogP contribution in [0, 0.1) is 11.7 Å². The van der Waals surface area contributed by atoms with Crippen LogP contribution >= 0.6 is 0 Å². The molecule has 1 aliphatic carbocycles. The fraction of sp³-hybridized carbons (Fsp3) is 0.667. The van der Waals surface area contributed by atoms with E-state index in [9.17, 15) is 4.39 Å². The highest BCUT2D eigenvalue weighted by atomic mass is 19.1. The zero-order chi connectivity index (χ0) is 15.2. The summed E-state index contributed by atoms with van der Waals surface area (Å²) in [5, 5.41) is 3.61. The number of hydrogen-bond acceptors (Lipinski definition) is 2. The smallest absolute Gasteiger partial charge is 0.127 e. The number of halogens is 1. The minimum atomic E-state index is -0.0942. The van der Waals surface area contributed by atoms with Crippen LogP contribution in [0.15, 0.2) is 24.3 Å². The molecular weight excluding hydrogens is 263 g/mol. The van der Waals surface area contributed by atoms with Crippen LogP contribution in [0.25, 0.3) is 0 Å². The van der Waals surface area contributed by atoms with Gasteiger partial charge in [-0.1, -0.05) is 31.5 Å². The molecule has 0 spiro atoms. The summed E-state index contributed by atoms with van der Waals surface area (Å²) < 4.78 is 13.9. The molecule has 2 nitrogen and oxygen atoms in total. The molecule has 1 aromatic carbocycles. The van der Waals surface area contributed by atoms with Crippen molar-refractivity contribution in [1.82, 2.24) is 10.2 Å². The number of hydrogen-bond donors (Lipinski definition) is 1. The van der Waals surface area contributed by atoms with Gasteiger partial charge in [-0.3, -0.25) is 4.90 Å². The van der Waals surface area contributed by atoms with Crippen LogP contribution in [-0.4, -0.2) is 31.1 Å². The van der Waals surface area contributed by atoms with Crippen LogP contribution in [0.2, 0.25) is 0 Å². The summed E-state index contributed by atoms with van der Waals surface area (Å²) >= 11 is 0. The van der Waals surface area contributed by atoms with E-state index in [4.69, 9.17) is 0 Å². The average Bonchev–Trinajstić information content (AvgIpc) is 2.92. The highest BCUT2D eigenvalue weighted by molar-refractivity contribution is 5.20. The molecule has 3 atom stereocenters. The summed E-state index contributed by atoms with van der Waals surface area (Å²) in [6, 6.07) is 7.94. The Morgan fingerprint density at radius 1 is 1.33 bits per heavy atom. The Kier molecular flexibility index (Phi) is 6.19. The van der Waals surface area contributed by atoms with Crippen molar-refractivity contribution >= 4 is 0 Å². The van der Waals surface area contributed by atoms with E-state index in [-0.39, 0.29) is 11.9 Å². The minimum absolute atomic E-state index is 0.0942. The molecule has 1 N–H and O–H groups in total. The predicted octanol–water partition coefficient (Wildman–Crippen LogP) is 3.99. The largest absolute Gasteiger partial charge is 0.314 e. The van der Waals surface area contributed by atoms with Gasteiger partial charge in [-0.05, 0) is 58.3 Å². The molecule has 0 aliphatic heterocycles. The third-order valence-corrected chi connectivity index (χ3v) is 4.99. The first kappa shape index (κ1) is 16.4. The summed E-state index contributed by atoms with van der Waals surface area (Å²) in [4.78, 5) is 2.28. The van der Waals surface area contributed by atoms with E-state index in [1.165, 1.54) is 25.7 Å². The molecule has 3 heteroatoms. The summed E-state index contributed by atoms with van der Waals surface area (Å²) in [6.07, 6.45) is 5.19. The molecule has 0 radical (unpaired) electrons. The first-order chi connectivity index (χ1) is 10.1. The van der Waals surface area contributed by atoms with Gasteiger partial charge in [0.05, 0.1) is 0 Å². The van der Waals surface area contributed by atoms with E-state index in [2.05, 4.69) is 31.1 Å². The second kappa shape index (κ2) is 7.90. The van der Waals surface area contributed by atoms with Crippen LogP contribution in [-0.2, 0) is 0 Å². The minimum Gasteiger partial charge on any atom is -0.314 e. The molecule has 21 heavy (non-hydrogen) atoms. The monoisotopic (exact) mass is 292 g/mol. The van der Waals surface area contributed by atoms with Crippen molar-refractivity contribution in [3.63, 3.8) is 0 Å². The lowest BCUT2D eigenvalue weighted by Gasteiger charge is -2.28. The summed E-state index contributed by atoms with van der Waals surface area (Å²) in [5.41, 5.74) is 0.801. The molecule has 0 saturated heterocycles. The molecule has 2 rings (SSSR count). The zero-order valence-corrected chi connectivity index (χ0v) is 13.6. The second-order valence-corrected chi connectivity index (χ2v) is 6.32.